The number of allylic oxidation sites excluding steroid dienone is 3. The van der Waals surface area contributed by atoms with Gasteiger partial charge in [-0.15, -0.1) is 4.91 Å². The second kappa shape index (κ2) is 4.39. The van der Waals surface area contributed by atoms with Crippen LogP contribution >= 0.6 is 0 Å². The fourth-order valence-electron chi connectivity index (χ4n) is 0.957. The molecule has 0 aromatic heterocycles. The third-order valence-corrected chi connectivity index (χ3v) is 1.55. The Labute approximate surface area is 73.8 Å². The molecule has 0 aromatic rings. The summed E-state index contributed by atoms with van der Waals surface area (Å²) in [4.78, 5) is 19.8. The van der Waals surface area contributed by atoms with Gasteiger partial charge in [0.25, 0.3) is 0 Å². The van der Waals surface area contributed by atoms with E-state index in [-0.39, 0.29) is 23.0 Å². The van der Waals surface area contributed by atoms with Crippen LogP contribution in [0.15, 0.2) is 46.2 Å². The Morgan fingerprint density at radius 3 is 2.92 bits per heavy atom. The second-order valence-electron chi connectivity index (χ2n) is 2.36. The third kappa shape index (κ3) is 2.14. The SMILES string of the molecule is O=N/C=C1/C=CC=C(CN=O)[NH+]1[O-]. The van der Waals surface area contributed by atoms with Gasteiger partial charge in [-0.3, -0.25) is 0 Å². The van der Waals surface area contributed by atoms with Crippen molar-refractivity contribution in [2.45, 2.75) is 0 Å². The average Bonchev–Trinajstić information content (AvgIpc) is 2.13. The number of nitrogens with zero attached hydrogens (tertiary/aromatic N) is 2. The molecular formula is C7H7N3O3. The van der Waals surface area contributed by atoms with Crippen LogP contribution < -0.4 is 5.06 Å². The van der Waals surface area contributed by atoms with E-state index in [1.807, 2.05) is 0 Å². The fourth-order valence-corrected chi connectivity index (χ4v) is 0.957. The van der Waals surface area contributed by atoms with E-state index in [0.29, 0.717) is 0 Å². The van der Waals surface area contributed by atoms with Gasteiger partial charge >= 0.3 is 0 Å². The Morgan fingerprint density at radius 2 is 2.31 bits per heavy atom. The van der Waals surface area contributed by atoms with Crippen molar-refractivity contribution in [1.29, 1.82) is 0 Å². The van der Waals surface area contributed by atoms with E-state index in [2.05, 4.69) is 10.4 Å². The Kier molecular flexibility index (Phi) is 3.18. The lowest BCUT2D eigenvalue weighted by Gasteiger charge is -2.24. The maximum absolute atomic E-state index is 11.3. The highest BCUT2D eigenvalue weighted by Gasteiger charge is 2.13. The minimum Gasteiger partial charge on any atom is -0.624 e. The summed E-state index contributed by atoms with van der Waals surface area (Å²) in [7, 11) is 0. The molecule has 1 aliphatic rings. The predicted octanol–water partition coefficient (Wildman–Crippen LogP) is 0.197. The third-order valence-electron chi connectivity index (χ3n) is 1.55. The molecule has 1 N–H and O–H groups in total. The molecule has 1 heterocycles. The summed E-state index contributed by atoms with van der Waals surface area (Å²) in [5.74, 6) is 0. The van der Waals surface area contributed by atoms with Crippen LogP contribution in [0.1, 0.15) is 0 Å². The molecule has 1 aliphatic heterocycles. The van der Waals surface area contributed by atoms with Crippen LogP contribution in [0.25, 0.3) is 0 Å². The minimum absolute atomic E-state index is 0.177. The molecular weight excluding hydrogens is 174 g/mol. The fraction of sp³-hybridized carbons (Fsp3) is 0.143. The molecule has 6 nitrogen and oxygen atoms in total. The molecule has 0 amide bonds. The summed E-state index contributed by atoms with van der Waals surface area (Å²) >= 11 is 0. The van der Waals surface area contributed by atoms with E-state index in [9.17, 15) is 15.0 Å². The summed E-state index contributed by atoms with van der Waals surface area (Å²) < 4.78 is 0. The number of hydrogen-bond donors (Lipinski definition) is 1. The first kappa shape index (κ1) is 9.43. The molecule has 0 fully saturated rings. The number of hydroxylamine groups is 2. The maximum Gasteiger partial charge on any atom is 0.158 e. The van der Waals surface area contributed by atoms with Crippen LogP contribution in [-0.2, 0) is 0 Å². The van der Waals surface area contributed by atoms with Crippen LogP contribution in [0.5, 0.6) is 0 Å². The van der Waals surface area contributed by atoms with Gasteiger partial charge in [-0.1, -0.05) is 11.3 Å². The van der Waals surface area contributed by atoms with E-state index >= 15 is 0 Å². The zero-order valence-corrected chi connectivity index (χ0v) is 6.64. The van der Waals surface area contributed by atoms with Crippen LogP contribution in [0.3, 0.4) is 0 Å². The van der Waals surface area contributed by atoms with Crippen LogP contribution in [0, 0.1) is 15.0 Å². The lowest BCUT2D eigenvalue weighted by molar-refractivity contribution is -0.760. The molecule has 0 saturated heterocycles. The van der Waals surface area contributed by atoms with E-state index in [4.69, 9.17) is 0 Å². The van der Waals surface area contributed by atoms with E-state index in [1.165, 1.54) is 12.2 Å². The minimum atomic E-state index is -0.373. The highest BCUT2D eigenvalue weighted by molar-refractivity contribution is 5.23. The quantitative estimate of drug-likeness (QED) is 0.498. The first-order valence-corrected chi connectivity index (χ1v) is 3.53. The zero-order valence-electron chi connectivity index (χ0n) is 6.64. The largest absolute Gasteiger partial charge is 0.624 e. The van der Waals surface area contributed by atoms with Crippen molar-refractivity contribution < 1.29 is 5.06 Å². The number of rotatable bonds is 3. The summed E-state index contributed by atoms with van der Waals surface area (Å²) in [6, 6.07) is 0. The first-order valence-electron chi connectivity index (χ1n) is 3.53. The molecule has 1 atom stereocenters. The average molecular weight is 181 g/mol. The molecule has 1 rings (SSSR count). The van der Waals surface area contributed by atoms with Gasteiger partial charge < -0.3 is 10.3 Å². The molecule has 6 heteroatoms. The van der Waals surface area contributed by atoms with Crippen LogP contribution in [-0.4, -0.2) is 6.54 Å². The van der Waals surface area contributed by atoms with Gasteiger partial charge in [0.05, 0.1) is 0 Å². The molecule has 0 aromatic carbocycles. The second-order valence-corrected chi connectivity index (χ2v) is 2.36. The highest BCUT2D eigenvalue weighted by Crippen LogP contribution is 1.99. The van der Waals surface area contributed by atoms with Gasteiger partial charge in [0.15, 0.2) is 12.2 Å². The zero-order chi connectivity index (χ0) is 9.68. The van der Waals surface area contributed by atoms with Gasteiger partial charge in [0, 0.05) is 6.08 Å². The van der Waals surface area contributed by atoms with E-state index < -0.39 is 0 Å². The predicted molar refractivity (Wildman–Crippen MR) is 46.1 cm³/mol. The van der Waals surface area contributed by atoms with E-state index in [1.54, 1.807) is 6.08 Å². The van der Waals surface area contributed by atoms with Gasteiger partial charge in [0.2, 0.25) is 0 Å². The van der Waals surface area contributed by atoms with Crippen molar-refractivity contribution >= 4 is 0 Å². The lowest BCUT2D eigenvalue weighted by atomic mass is 10.2. The normalized spacial score (nSPS) is 24.2. The van der Waals surface area contributed by atoms with Crippen molar-refractivity contribution in [2.75, 3.05) is 6.54 Å². The molecule has 0 radical (unpaired) electrons. The van der Waals surface area contributed by atoms with Crippen LogP contribution in [0.4, 0.5) is 0 Å². The monoisotopic (exact) mass is 181 g/mol. The van der Waals surface area contributed by atoms with Crippen molar-refractivity contribution in [3.05, 3.63) is 50.8 Å². The lowest BCUT2D eigenvalue weighted by Crippen LogP contribution is -3.03. The van der Waals surface area contributed by atoms with Crippen molar-refractivity contribution in [2.24, 2.45) is 10.4 Å². The molecule has 1 unspecified atom stereocenters. The summed E-state index contributed by atoms with van der Waals surface area (Å²) in [6.07, 6.45) is 5.43. The Balaban J connectivity index is 2.85. The number of quaternary nitrogens is 1. The van der Waals surface area contributed by atoms with Crippen molar-refractivity contribution in [3.8, 4) is 0 Å². The smallest absolute Gasteiger partial charge is 0.158 e. The molecule has 0 aliphatic carbocycles. The molecule has 0 spiro atoms. The van der Waals surface area contributed by atoms with Gasteiger partial charge in [-0.05, 0) is 11.3 Å². The standard InChI is InChI=1S/C7H7N3O3/c11-8-4-6-2-1-3-7(5-9-12)10(6)13/h1-4,10H,5H2/b6-4-. The van der Waals surface area contributed by atoms with E-state index in [0.717, 1.165) is 6.20 Å². The number of nitrogens with one attached hydrogen (secondary N) is 1. The van der Waals surface area contributed by atoms with Gasteiger partial charge in [0.1, 0.15) is 11.9 Å². The molecule has 13 heavy (non-hydrogen) atoms. The van der Waals surface area contributed by atoms with Gasteiger partial charge in [-0.25, -0.2) is 0 Å². The van der Waals surface area contributed by atoms with Crippen molar-refractivity contribution in [1.82, 2.24) is 0 Å². The van der Waals surface area contributed by atoms with Gasteiger partial charge in [-0.2, -0.15) is 4.91 Å². The summed E-state index contributed by atoms with van der Waals surface area (Å²) in [5.41, 5.74) is 0.448. The molecule has 68 valence electrons. The number of hydrogen-bond acceptors (Lipinski definition) is 5. The summed E-state index contributed by atoms with van der Waals surface area (Å²) in [6.45, 7) is -0.181. The highest BCUT2D eigenvalue weighted by atomic mass is 16.5. The summed E-state index contributed by atoms with van der Waals surface area (Å²) in [5, 5.41) is 16.0. The van der Waals surface area contributed by atoms with Crippen molar-refractivity contribution in [3.63, 3.8) is 0 Å². The Hall–Kier alpha value is -1.66. The molecule has 0 bridgehead atoms. The maximum atomic E-state index is 11.3. The number of nitroso groups, excluding NO2 is 2. The van der Waals surface area contributed by atoms with Crippen LogP contribution in [0.2, 0.25) is 0 Å². The first-order chi connectivity index (χ1) is 6.29. The topological polar surface area (TPSA) is 86.4 Å². The Morgan fingerprint density at radius 1 is 1.54 bits per heavy atom. The molecule has 0 saturated carbocycles. The Bertz CT molecular complexity index is 306.